The molecule has 0 aliphatic heterocycles. The monoisotopic (exact) mass is 404 g/mol. The Morgan fingerprint density at radius 3 is 1.30 bits per heavy atom. The highest BCUT2D eigenvalue weighted by Crippen LogP contribution is 2.30. The van der Waals surface area contributed by atoms with E-state index in [4.69, 9.17) is 0 Å². The van der Waals surface area contributed by atoms with E-state index in [9.17, 15) is 0 Å². The molecule has 0 bridgehead atoms. The molecule has 2 rings (SSSR count). The van der Waals surface area contributed by atoms with E-state index >= 15 is 0 Å². The van der Waals surface area contributed by atoms with Crippen molar-refractivity contribution in [3.8, 4) is 0 Å². The molecular formula is C28H40N2. The van der Waals surface area contributed by atoms with E-state index in [-0.39, 0.29) is 12.1 Å². The van der Waals surface area contributed by atoms with Crippen molar-refractivity contribution in [3.63, 3.8) is 0 Å². The Hall–Kier alpha value is -2.48. The normalized spacial score (nSPS) is 13.2. The van der Waals surface area contributed by atoms with Crippen molar-refractivity contribution in [2.75, 3.05) is 10.6 Å². The van der Waals surface area contributed by atoms with Gasteiger partial charge in [0.15, 0.2) is 0 Å². The number of anilines is 2. The van der Waals surface area contributed by atoms with E-state index in [1.54, 1.807) is 0 Å². The third kappa shape index (κ3) is 6.79. The molecule has 0 amide bonds. The summed E-state index contributed by atoms with van der Waals surface area (Å²) in [6, 6.07) is 17.7. The highest BCUT2D eigenvalue weighted by molar-refractivity contribution is 5.56. The van der Waals surface area contributed by atoms with Gasteiger partial charge >= 0.3 is 0 Å². The second-order valence-corrected chi connectivity index (χ2v) is 9.31. The summed E-state index contributed by atoms with van der Waals surface area (Å²) >= 11 is 0. The zero-order valence-corrected chi connectivity index (χ0v) is 19.8. The van der Waals surface area contributed by atoms with Gasteiger partial charge in [0.25, 0.3) is 0 Å². The molecule has 2 nitrogen and oxygen atoms in total. The average Bonchev–Trinajstić information content (AvgIpc) is 2.66. The second kappa shape index (κ2) is 11.1. The number of rotatable bonds is 11. The van der Waals surface area contributed by atoms with Crippen molar-refractivity contribution < 1.29 is 0 Å². The summed E-state index contributed by atoms with van der Waals surface area (Å²) < 4.78 is 0. The van der Waals surface area contributed by atoms with Gasteiger partial charge in [-0.2, -0.15) is 0 Å². The fraction of sp³-hybridized carbons (Fsp3) is 0.429. The molecule has 0 heterocycles. The smallest absolute Gasteiger partial charge is 0.0502 e. The molecule has 2 aromatic carbocycles. The summed E-state index contributed by atoms with van der Waals surface area (Å²) in [5.41, 5.74) is 7.48. The zero-order valence-electron chi connectivity index (χ0n) is 19.8. The number of nitrogens with one attached hydrogen (secondary N) is 2. The van der Waals surface area contributed by atoms with Crippen LogP contribution in [0.4, 0.5) is 11.4 Å². The van der Waals surface area contributed by atoms with Gasteiger partial charge in [0.05, 0.1) is 12.1 Å². The summed E-state index contributed by atoms with van der Waals surface area (Å²) in [5, 5.41) is 7.74. The summed E-state index contributed by atoms with van der Waals surface area (Å²) in [4.78, 5) is 0. The first kappa shape index (κ1) is 23.8. The van der Waals surface area contributed by atoms with Gasteiger partial charge in [0, 0.05) is 11.4 Å². The molecule has 2 heteroatoms. The maximum Gasteiger partial charge on any atom is 0.0502 e. The molecule has 2 aromatic rings. The molecule has 2 N–H and O–H groups in total. The quantitative estimate of drug-likeness (QED) is 0.369. The number of benzene rings is 2. The molecule has 0 spiro atoms. The van der Waals surface area contributed by atoms with Gasteiger partial charge in [-0.25, -0.2) is 0 Å². The first-order chi connectivity index (χ1) is 14.2. The lowest BCUT2D eigenvalue weighted by Crippen LogP contribution is -2.40. The van der Waals surface area contributed by atoms with Crippen molar-refractivity contribution in [1.82, 2.24) is 0 Å². The molecule has 162 valence electrons. The van der Waals surface area contributed by atoms with Gasteiger partial charge < -0.3 is 10.6 Å². The number of hydrogen-bond acceptors (Lipinski definition) is 2. The predicted molar refractivity (Wildman–Crippen MR) is 135 cm³/mol. The van der Waals surface area contributed by atoms with E-state index in [1.807, 2.05) is 0 Å². The topological polar surface area (TPSA) is 24.1 Å². The van der Waals surface area contributed by atoms with Gasteiger partial charge in [0.2, 0.25) is 0 Å². The highest BCUT2D eigenvalue weighted by Gasteiger charge is 2.24. The minimum absolute atomic E-state index is 0.208. The summed E-state index contributed by atoms with van der Waals surface area (Å²) in [6.07, 6.45) is 1.81. The minimum Gasteiger partial charge on any atom is -0.380 e. The largest absolute Gasteiger partial charge is 0.380 e. The van der Waals surface area contributed by atoms with Crippen LogP contribution in [0.15, 0.2) is 72.8 Å². The zero-order chi connectivity index (χ0) is 22.3. The fourth-order valence-electron chi connectivity index (χ4n) is 4.00. The standard InChI is InChI=1S/C28H40N2/c1-19(2)17-27(29-25-15-11-9-13-23(25)21(5)6)28(18-20(3)4)30-26-16-12-10-14-24(26)22(7)8/h9-16,21-22,27-30H,1,3,17-18H2,2,4-8H3/t27-,28-/m0/s1. The van der Waals surface area contributed by atoms with Gasteiger partial charge in [-0.3, -0.25) is 0 Å². The summed E-state index contributed by atoms with van der Waals surface area (Å²) in [7, 11) is 0. The molecule has 0 unspecified atom stereocenters. The Kier molecular flexibility index (Phi) is 8.77. The van der Waals surface area contributed by atoms with Crippen LogP contribution in [-0.2, 0) is 0 Å². The van der Waals surface area contributed by atoms with Gasteiger partial charge in [-0.1, -0.05) is 75.2 Å². The molecule has 0 aliphatic rings. The lowest BCUT2D eigenvalue weighted by Gasteiger charge is -2.33. The van der Waals surface area contributed by atoms with Crippen molar-refractivity contribution in [3.05, 3.63) is 84.0 Å². The van der Waals surface area contributed by atoms with Crippen LogP contribution < -0.4 is 10.6 Å². The molecular weight excluding hydrogens is 364 g/mol. The van der Waals surface area contributed by atoms with Crippen LogP contribution in [0.5, 0.6) is 0 Å². The van der Waals surface area contributed by atoms with E-state index in [1.165, 1.54) is 33.6 Å². The third-order valence-electron chi connectivity index (χ3n) is 5.47. The van der Waals surface area contributed by atoms with Crippen molar-refractivity contribution in [2.24, 2.45) is 0 Å². The van der Waals surface area contributed by atoms with Crippen LogP contribution in [0.1, 0.15) is 77.3 Å². The molecule has 0 fully saturated rings. The lowest BCUT2D eigenvalue weighted by molar-refractivity contribution is 0.575. The molecule has 0 aromatic heterocycles. The van der Waals surface area contributed by atoms with Crippen LogP contribution in [0, 0.1) is 0 Å². The van der Waals surface area contributed by atoms with Gasteiger partial charge in [0.1, 0.15) is 0 Å². The SMILES string of the molecule is C=C(C)C[C@H](Nc1ccccc1C(C)C)[C@H](CC(=C)C)Nc1ccccc1C(C)C. The molecule has 0 radical (unpaired) electrons. The maximum absolute atomic E-state index is 4.22. The summed E-state index contributed by atoms with van der Waals surface area (Å²) in [5.74, 6) is 0.932. The molecule has 0 saturated heterocycles. The Morgan fingerprint density at radius 1 is 0.667 bits per heavy atom. The predicted octanol–water partition coefficient (Wildman–Crippen LogP) is 8.13. The first-order valence-electron chi connectivity index (χ1n) is 11.2. The molecule has 0 saturated carbocycles. The van der Waals surface area contributed by atoms with Crippen LogP contribution in [0.2, 0.25) is 0 Å². The average molecular weight is 405 g/mol. The van der Waals surface area contributed by atoms with Crippen LogP contribution in [-0.4, -0.2) is 12.1 Å². The third-order valence-corrected chi connectivity index (χ3v) is 5.47. The van der Waals surface area contributed by atoms with Gasteiger partial charge in [-0.15, -0.1) is 13.2 Å². The minimum atomic E-state index is 0.208. The Balaban J connectivity index is 2.41. The van der Waals surface area contributed by atoms with Crippen molar-refractivity contribution >= 4 is 11.4 Å². The van der Waals surface area contributed by atoms with E-state index in [0.717, 1.165) is 12.8 Å². The second-order valence-electron chi connectivity index (χ2n) is 9.31. The van der Waals surface area contributed by atoms with E-state index < -0.39 is 0 Å². The highest BCUT2D eigenvalue weighted by atomic mass is 15.0. The van der Waals surface area contributed by atoms with Crippen LogP contribution >= 0.6 is 0 Å². The molecule has 30 heavy (non-hydrogen) atoms. The number of para-hydroxylation sites is 2. The van der Waals surface area contributed by atoms with Gasteiger partial charge in [-0.05, 0) is 61.8 Å². The molecule has 0 aliphatic carbocycles. The summed E-state index contributed by atoms with van der Waals surface area (Å²) in [6.45, 7) is 21.7. The first-order valence-corrected chi connectivity index (χ1v) is 11.2. The van der Waals surface area contributed by atoms with Crippen LogP contribution in [0.25, 0.3) is 0 Å². The van der Waals surface area contributed by atoms with E-state index in [2.05, 4.69) is 114 Å². The molecule has 2 atom stereocenters. The Morgan fingerprint density at radius 2 is 1.00 bits per heavy atom. The fourth-order valence-corrected chi connectivity index (χ4v) is 4.00. The maximum atomic E-state index is 4.22. The lowest BCUT2D eigenvalue weighted by atomic mass is 9.92. The van der Waals surface area contributed by atoms with Crippen LogP contribution in [0.3, 0.4) is 0 Å². The van der Waals surface area contributed by atoms with Crippen molar-refractivity contribution in [1.29, 1.82) is 0 Å². The van der Waals surface area contributed by atoms with Crippen molar-refractivity contribution in [2.45, 2.75) is 78.3 Å². The van der Waals surface area contributed by atoms with E-state index in [0.29, 0.717) is 11.8 Å². The number of hydrogen-bond donors (Lipinski definition) is 2. The Labute approximate surface area is 184 Å². The Bertz CT molecular complexity index is 776.